The molecule has 1 amide bonds. The Hall–Kier alpha value is -2.71. The molecule has 124 valence electrons. The third kappa shape index (κ3) is 6.19. The van der Waals surface area contributed by atoms with Crippen LogP contribution in [0, 0.1) is 11.5 Å². The third-order valence-electron chi connectivity index (χ3n) is 2.99. The summed E-state index contributed by atoms with van der Waals surface area (Å²) in [4.78, 5) is 10.6. The van der Waals surface area contributed by atoms with Crippen molar-refractivity contribution in [1.29, 1.82) is 0 Å². The maximum absolute atomic E-state index is 10.6. The van der Waals surface area contributed by atoms with Crippen molar-refractivity contribution in [2.75, 3.05) is 0 Å². The number of benzene rings is 2. The SMILES string of the molecule is C[Si](C)(C)C#Cc1cccc(Oc2cccc(CNC(=O)O)c2)c1. The molecule has 0 aliphatic rings. The summed E-state index contributed by atoms with van der Waals surface area (Å²) in [6, 6.07) is 15.0. The van der Waals surface area contributed by atoms with Gasteiger partial charge in [-0.05, 0) is 35.9 Å². The van der Waals surface area contributed by atoms with Gasteiger partial charge in [0.2, 0.25) is 0 Å². The van der Waals surface area contributed by atoms with Crippen LogP contribution in [0.3, 0.4) is 0 Å². The van der Waals surface area contributed by atoms with Crippen molar-refractivity contribution < 1.29 is 14.6 Å². The highest BCUT2D eigenvalue weighted by atomic mass is 28.3. The van der Waals surface area contributed by atoms with Gasteiger partial charge in [-0.3, -0.25) is 0 Å². The van der Waals surface area contributed by atoms with Crippen LogP contribution >= 0.6 is 0 Å². The van der Waals surface area contributed by atoms with Crippen molar-refractivity contribution in [2.24, 2.45) is 0 Å². The summed E-state index contributed by atoms with van der Waals surface area (Å²) in [7, 11) is -1.41. The molecule has 0 saturated carbocycles. The van der Waals surface area contributed by atoms with Crippen molar-refractivity contribution in [3.05, 3.63) is 59.7 Å². The summed E-state index contributed by atoms with van der Waals surface area (Å²) in [5.41, 5.74) is 5.10. The van der Waals surface area contributed by atoms with Crippen molar-refractivity contribution in [2.45, 2.75) is 26.2 Å². The van der Waals surface area contributed by atoms with Gasteiger partial charge >= 0.3 is 6.09 Å². The molecule has 0 aromatic heterocycles. The van der Waals surface area contributed by atoms with Gasteiger partial charge in [-0.25, -0.2) is 4.79 Å². The predicted octanol–water partition coefficient (Wildman–Crippen LogP) is 4.48. The molecule has 2 aromatic rings. The fourth-order valence-corrected chi connectivity index (χ4v) is 2.45. The number of carboxylic acid groups (broad SMARTS) is 1. The molecule has 0 heterocycles. The Bertz CT molecular complexity index is 785. The van der Waals surface area contributed by atoms with Gasteiger partial charge in [0.25, 0.3) is 0 Å². The molecule has 0 radical (unpaired) electrons. The molecule has 0 saturated heterocycles. The average molecular weight is 339 g/mol. The smallest absolute Gasteiger partial charge is 0.404 e. The van der Waals surface area contributed by atoms with Crippen molar-refractivity contribution in [3.8, 4) is 23.0 Å². The zero-order valence-corrected chi connectivity index (χ0v) is 15.1. The van der Waals surface area contributed by atoms with Gasteiger partial charge in [-0.2, -0.15) is 0 Å². The van der Waals surface area contributed by atoms with Crippen LogP contribution in [0.4, 0.5) is 4.79 Å². The van der Waals surface area contributed by atoms with Crippen LogP contribution in [0.25, 0.3) is 0 Å². The minimum atomic E-state index is -1.41. The van der Waals surface area contributed by atoms with Crippen LogP contribution in [0.15, 0.2) is 48.5 Å². The van der Waals surface area contributed by atoms with Crippen LogP contribution in [0.2, 0.25) is 19.6 Å². The quantitative estimate of drug-likeness (QED) is 0.638. The number of nitrogens with one attached hydrogen (secondary N) is 1. The van der Waals surface area contributed by atoms with E-state index in [0.29, 0.717) is 11.5 Å². The Morgan fingerprint density at radius 2 is 1.79 bits per heavy atom. The Balaban J connectivity index is 2.12. The van der Waals surface area contributed by atoms with Crippen molar-refractivity contribution >= 4 is 14.2 Å². The zero-order valence-electron chi connectivity index (χ0n) is 14.1. The Morgan fingerprint density at radius 3 is 2.46 bits per heavy atom. The lowest BCUT2D eigenvalue weighted by molar-refractivity contribution is 0.194. The second-order valence-electron chi connectivity index (χ2n) is 6.44. The molecule has 0 bridgehead atoms. The number of rotatable bonds is 4. The highest BCUT2D eigenvalue weighted by Crippen LogP contribution is 2.23. The summed E-state index contributed by atoms with van der Waals surface area (Å²) in [5, 5.41) is 11.0. The molecule has 0 unspecified atom stereocenters. The van der Waals surface area contributed by atoms with Crippen LogP contribution in [0.1, 0.15) is 11.1 Å². The molecule has 2 rings (SSSR count). The molecule has 24 heavy (non-hydrogen) atoms. The normalized spacial score (nSPS) is 10.5. The van der Waals surface area contributed by atoms with E-state index in [9.17, 15) is 4.79 Å². The van der Waals surface area contributed by atoms with E-state index in [1.165, 1.54) is 0 Å². The molecule has 2 aromatic carbocycles. The molecule has 0 aliphatic carbocycles. The third-order valence-corrected chi connectivity index (χ3v) is 3.87. The minimum absolute atomic E-state index is 0.244. The molecule has 0 aliphatic heterocycles. The molecule has 2 N–H and O–H groups in total. The fourth-order valence-electron chi connectivity index (χ4n) is 1.93. The average Bonchev–Trinajstić information content (AvgIpc) is 2.51. The first-order valence-electron chi connectivity index (χ1n) is 7.69. The van der Waals surface area contributed by atoms with E-state index in [1.54, 1.807) is 0 Å². The second kappa shape index (κ2) is 7.71. The van der Waals surface area contributed by atoms with Crippen LogP contribution in [-0.2, 0) is 6.54 Å². The van der Waals surface area contributed by atoms with E-state index in [0.717, 1.165) is 11.1 Å². The van der Waals surface area contributed by atoms with Crippen LogP contribution < -0.4 is 10.1 Å². The van der Waals surface area contributed by atoms with Gasteiger partial charge in [0.15, 0.2) is 0 Å². The summed E-state index contributed by atoms with van der Waals surface area (Å²) in [6.07, 6.45) is -1.05. The molecule has 0 atom stereocenters. The van der Waals surface area contributed by atoms with Crippen molar-refractivity contribution in [1.82, 2.24) is 5.32 Å². The number of ether oxygens (including phenoxy) is 1. The van der Waals surface area contributed by atoms with E-state index in [2.05, 4.69) is 36.4 Å². The van der Waals surface area contributed by atoms with Crippen LogP contribution in [-0.4, -0.2) is 19.3 Å². The van der Waals surface area contributed by atoms with E-state index in [-0.39, 0.29) is 6.54 Å². The van der Waals surface area contributed by atoms with Gasteiger partial charge in [0.05, 0.1) is 0 Å². The first-order chi connectivity index (χ1) is 11.3. The maximum atomic E-state index is 10.6. The topological polar surface area (TPSA) is 58.6 Å². The predicted molar refractivity (Wildman–Crippen MR) is 98.0 cm³/mol. The molecule has 0 fully saturated rings. The van der Waals surface area contributed by atoms with E-state index in [1.807, 2.05) is 48.5 Å². The summed E-state index contributed by atoms with van der Waals surface area (Å²) < 4.78 is 5.87. The summed E-state index contributed by atoms with van der Waals surface area (Å²) in [6.45, 7) is 6.86. The van der Waals surface area contributed by atoms with Crippen molar-refractivity contribution in [3.63, 3.8) is 0 Å². The maximum Gasteiger partial charge on any atom is 0.404 e. The minimum Gasteiger partial charge on any atom is -0.465 e. The lowest BCUT2D eigenvalue weighted by Gasteiger charge is -2.08. The van der Waals surface area contributed by atoms with Crippen LogP contribution in [0.5, 0.6) is 11.5 Å². The number of amides is 1. The first kappa shape index (κ1) is 17.6. The summed E-state index contributed by atoms with van der Waals surface area (Å²) in [5.74, 6) is 4.58. The Kier molecular flexibility index (Phi) is 5.67. The number of hydrogen-bond acceptors (Lipinski definition) is 2. The Labute approximate surface area is 143 Å². The number of carbonyl (C=O) groups is 1. The monoisotopic (exact) mass is 339 g/mol. The largest absolute Gasteiger partial charge is 0.465 e. The van der Waals surface area contributed by atoms with Gasteiger partial charge in [0.1, 0.15) is 19.6 Å². The van der Waals surface area contributed by atoms with Gasteiger partial charge in [0, 0.05) is 12.1 Å². The van der Waals surface area contributed by atoms with Gasteiger partial charge in [-0.1, -0.05) is 43.8 Å². The lowest BCUT2D eigenvalue weighted by Crippen LogP contribution is -2.19. The molecule has 0 spiro atoms. The first-order valence-corrected chi connectivity index (χ1v) is 11.2. The van der Waals surface area contributed by atoms with E-state index in [4.69, 9.17) is 9.84 Å². The second-order valence-corrected chi connectivity index (χ2v) is 11.2. The van der Waals surface area contributed by atoms with Gasteiger partial charge < -0.3 is 15.2 Å². The number of hydrogen-bond donors (Lipinski definition) is 2. The molecular weight excluding hydrogens is 318 g/mol. The molecular formula is C19H21NO3Si. The van der Waals surface area contributed by atoms with E-state index >= 15 is 0 Å². The Morgan fingerprint density at radius 1 is 1.12 bits per heavy atom. The highest BCUT2D eigenvalue weighted by molar-refractivity contribution is 6.83. The highest BCUT2D eigenvalue weighted by Gasteiger charge is 2.07. The molecule has 4 nitrogen and oxygen atoms in total. The fraction of sp³-hybridized carbons (Fsp3) is 0.211. The standard InChI is InChI=1S/C19H21NO3Si/c1-24(2,3)11-10-15-6-4-8-17(12-15)23-18-9-5-7-16(13-18)14-20-19(21)22/h4-9,12-13,20H,14H2,1-3H3,(H,21,22). The molecule has 5 heteroatoms. The summed E-state index contributed by atoms with van der Waals surface area (Å²) >= 11 is 0. The van der Waals surface area contributed by atoms with Gasteiger partial charge in [-0.15, -0.1) is 5.54 Å². The zero-order chi connectivity index (χ0) is 17.6. The lowest BCUT2D eigenvalue weighted by atomic mass is 10.2. The van der Waals surface area contributed by atoms with E-state index < -0.39 is 14.2 Å².